The van der Waals surface area contributed by atoms with E-state index in [2.05, 4.69) is 5.32 Å². The Hall–Kier alpha value is -1.17. The van der Waals surface area contributed by atoms with E-state index in [4.69, 9.17) is 22.0 Å². The van der Waals surface area contributed by atoms with Gasteiger partial charge in [0.2, 0.25) is 10.0 Å². The van der Waals surface area contributed by atoms with Crippen LogP contribution in [0, 0.1) is 17.2 Å². The molecule has 1 fully saturated rings. The Morgan fingerprint density at radius 2 is 2.27 bits per heavy atom. The second-order valence-electron chi connectivity index (χ2n) is 5.20. The Balaban J connectivity index is 2.14. The van der Waals surface area contributed by atoms with Crippen LogP contribution in [-0.4, -0.2) is 50.6 Å². The van der Waals surface area contributed by atoms with Crippen molar-refractivity contribution in [2.45, 2.75) is 11.3 Å². The van der Waals surface area contributed by atoms with Crippen LogP contribution in [0.3, 0.4) is 0 Å². The van der Waals surface area contributed by atoms with Crippen molar-refractivity contribution < 1.29 is 13.5 Å². The van der Waals surface area contributed by atoms with E-state index >= 15 is 0 Å². The van der Waals surface area contributed by atoms with E-state index in [1.54, 1.807) is 0 Å². The van der Waals surface area contributed by atoms with Crippen molar-refractivity contribution in [3.8, 4) is 6.07 Å². The van der Waals surface area contributed by atoms with Crippen LogP contribution in [0.1, 0.15) is 12.0 Å². The minimum absolute atomic E-state index is 0.00312. The molecule has 0 radical (unpaired) electrons. The Bertz CT molecular complexity index is 672. The zero-order valence-corrected chi connectivity index (χ0v) is 13.6. The zero-order valence-electron chi connectivity index (χ0n) is 12.0. The molecule has 0 bridgehead atoms. The number of sulfonamides is 1. The average Bonchev–Trinajstić information content (AvgIpc) is 2.96. The lowest BCUT2D eigenvalue weighted by Crippen LogP contribution is -2.32. The predicted octanol–water partition coefficient (Wildman–Crippen LogP) is 0.804. The van der Waals surface area contributed by atoms with Crippen LogP contribution < -0.4 is 5.32 Å². The fraction of sp³-hybridized carbons (Fsp3) is 0.500. The number of rotatable bonds is 6. The maximum Gasteiger partial charge on any atom is 0.244 e. The van der Waals surface area contributed by atoms with Crippen LogP contribution in [0.4, 0.5) is 0 Å². The molecule has 1 unspecified atom stereocenters. The van der Waals surface area contributed by atoms with Crippen LogP contribution in [0.15, 0.2) is 23.1 Å². The van der Waals surface area contributed by atoms with Gasteiger partial charge < -0.3 is 10.4 Å². The molecule has 1 heterocycles. The third kappa shape index (κ3) is 3.77. The zero-order chi connectivity index (χ0) is 16.2. The summed E-state index contributed by atoms with van der Waals surface area (Å²) in [7, 11) is -3.69. The third-order valence-electron chi connectivity index (χ3n) is 3.65. The van der Waals surface area contributed by atoms with Crippen molar-refractivity contribution in [2.75, 3.05) is 32.8 Å². The molecule has 2 rings (SSSR count). The molecule has 22 heavy (non-hydrogen) atoms. The van der Waals surface area contributed by atoms with Crippen LogP contribution in [0.5, 0.6) is 0 Å². The van der Waals surface area contributed by atoms with E-state index < -0.39 is 10.0 Å². The largest absolute Gasteiger partial charge is 0.395 e. The number of nitrogens with one attached hydrogen (secondary N) is 1. The minimum Gasteiger partial charge on any atom is -0.395 e. The Labute approximate surface area is 135 Å². The molecular formula is C14H18ClN3O3S. The van der Waals surface area contributed by atoms with Gasteiger partial charge in [-0.2, -0.15) is 9.57 Å². The van der Waals surface area contributed by atoms with Gasteiger partial charge in [-0.3, -0.25) is 0 Å². The molecule has 1 aliphatic rings. The van der Waals surface area contributed by atoms with Crippen molar-refractivity contribution in [3.63, 3.8) is 0 Å². The van der Waals surface area contributed by atoms with Crippen LogP contribution >= 0.6 is 11.6 Å². The molecule has 0 spiro atoms. The molecule has 1 aromatic carbocycles. The molecule has 1 saturated heterocycles. The van der Waals surface area contributed by atoms with Gasteiger partial charge in [-0.1, -0.05) is 11.6 Å². The first-order valence-corrected chi connectivity index (χ1v) is 8.82. The van der Waals surface area contributed by atoms with E-state index in [1.807, 2.05) is 6.07 Å². The number of hydrogen-bond acceptors (Lipinski definition) is 5. The quantitative estimate of drug-likeness (QED) is 0.745. The van der Waals surface area contributed by atoms with Gasteiger partial charge in [0.1, 0.15) is 11.0 Å². The van der Waals surface area contributed by atoms with Gasteiger partial charge in [0.05, 0.1) is 12.2 Å². The SMILES string of the molecule is N#Cc1cc(Cl)ccc1S(=O)(=O)N1CCC(CNCCO)C1. The standard InChI is InChI=1S/C14H18ClN3O3S/c15-13-1-2-14(12(7-13)8-16)22(20,21)18-5-3-11(10-18)9-17-4-6-19/h1-2,7,11,17,19H,3-6,9-10H2. The molecule has 1 atom stereocenters. The first kappa shape index (κ1) is 17.2. The summed E-state index contributed by atoms with van der Waals surface area (Å²) in [5.41, 5.74) is 0.0642. The molecule has 0 aromatic heterocycles. The Morgan fingerprint density at radius 1 is 1.50 bits per heavy atom. The molecule has 2 N–H and O–H groups in total. The molecule has 0 saturated carbocycles. The minimum atomic E-state index is -3.69. The van der Waals surface area contributed by atoms with Crippen molar-refractivity contribution in [3.05, 3.63) is 28.8 Å². The first-order chi connectivity index (χ1) is 10.5. The maximum absolute atomic E-state index is 12.7. The van der Waals surface area contributed by atoms with Crippen molar-refractivity contribution in [1.29, 1.82) is 5.26 Å². The lowest BCUT2D eigenvalue weighted by molar-refractivity contribution is 0.288. The molecule has 1 aromatic rings. The molecule has 0 amide bonds. The number of aliphatic hydroxyl groups is 1. The molecular weight excluding hydrogens is 326 g/mol. The van der Waals surface area contributed by atoms with Crippen molar-refractivity contribution in [2.24, 2.45) is 5.92 Å². The van der Waals surface area contributed by atoms with E-state index in [0.717, 1.165) is 6.42 Å². The van der Waals surface area contributed by atoms with E-state index in [1.165, 1.54) is 22.5 Å². The lowest BCUT2D eigenvalue weighted by atomic mass is 10.1. The number of nitriles is 1. The van der Waals surface area contributed by atoms with Gasteiger partial charge in [-0.25, -0.2) is 8.42 Å². The summed E-state index contributed by atoms with van der Waals surface area (Å²) >= 11 is 5.81. The highest BCUT2D eigenvalue weighted by Crippen LogP contribution is 2.27. The summed E-state index contributed by atoms with van der Waals surface area (Å²) in [6.07, 6.45) is 0.757. The third-order valence-corrected chi connectivity index (χ3v) is 5.81. The van der Waals surface area contributed by atoms with Crippen LogP contribution in [0.2, 0.25) is 5.02 Å². The summed E-state index contributed by atoms with van der Waals surface area (Å²) in [6.45, 7) is 2.07. The number of hydrogen-bond donors (Lipinski definition) is 2. The molecule has 6 nitrogen and oxygen atoms in total. The first-order valence-electron chi connectivity index (χ1n) is 7.00. The molecule has 120 valence electrons. The highest BCUT2D eigenvalue weighted by atomic mass is 35.5. The molecule has 8 heteroatoms. The van der Waals surface area contributed by atoms with E-state index in [0.29, 0.717) is 31.2 Å². The normalized spacial score (nSPS) is 19.2. The number of halogens is 1. The van der Waals surface area contributed by atoms with E-state index in [-0.39, 0.29) is 23.0 Å². The summed E-state index contributed by atoms with van der Waals surface area (Å²) in [5, 5.41) is 21.3. The lowest BCUT2D eigenvalue weighted by Gasteiger charge is -2.17. The van der Waals surface area contributed by atoms with Crippen LogP contribution in [0.25, 0.3) is 0 Å². The average molecular weight is 344 g/mol. The molecule has 0 aliphatic carbocycles. The van der Waals surface area contributed by atoms with Crippen molar-refractivity contribution >= 4 is 21.6 Å². The molecule has 1 aliphatic heterocycles. The number of benzene rings is 1. The fourth-order valence-corrected chi connectivity index (χ4v) is 4.35. The van der Waals surface area contributed by atoms with Crippen LogP contribution in [-0.2, 0) is 10.0 Å². The number of nitrogens with zero attached hydrogens (tertiary/aromatic N) is 2. The Morgan fingerprint density at radius 3 is 2.95 bits per heavy atom. The number of aliphatic hydroxyl groups excluding tert-OH is 1. The fourth-order valence-electron chi connectivity index (χ4n) is 2.52. The smallest absolute Gasteiger partial charge is 0.244 e. The van der Waals surface area contributed by atoms with E-state index in [9.17, 15) is 8.42 Å². The van der Waals surface area contributed by atoms with Gasteiger partial charge in [0.15, 0.2) is 0 Å². The Kier molecular flexibility index (Phi) is 5.78. The summed E-state index contributed by atoms with van der Waals surface area (Å²) in [5.74, 6) is 0.208. The summed E-state index contributed by atoms with van der Waals surface area (Å²) in [6, 6.07) is 6.11. The predicted molar refractivity (Wildman–Crippen MR) is 83.0 cm³/mol. The van der Waals surface area contributed by atoms with Gasteiger partial charge in [0, 0.05) is 24.7 Å². The van der Waals surface area contributed by atoms with Gasteiger partial charge >= 0.3 is 0 Å². The summed E-state index contributed by atoms with van der Waals surface area (Å²) in [4.78, 5) is 0.00312. The summed E-state index contributed by atoms with van der Waals surface area (Å²) < 4.78 is 26.7. The van der Waals surface area contributed by atoms with Crippen molar-refractivity contribution in [1.82, 2.24) is 9.62 Å². The van der Waals surface area contributed by atoms with Gasteiger partial charge in [0.25, 0.3) is 0 Å². The van der Waals surface area contributed by atoms with Gasteiger partial charge in [-0.15, -0.1) is 0 Å². The highest BCUT2D eigenvalue weighted by molar-refractivity contribution is 7.89. The highest BCUT2D eigenvalue weighted by Gasteiger charge is 2.33. The topological polar surface area (TPSA) is 93.4 Å². The van der Waals surface area contributed by atoms with Gasteiger partial charge in [-0.05, 0) is 37.1 Å². The maximum atomic E-state index is 12.7. The monoisotopic (exact) mass is 343 g/mol. The second kappa shape index (κ2) is 7.40. The second-order valence-corrected chi connectivity index (χ2v) is 7.54.